The van der Waals surface area contributed by atoms with Crippen molar-refractivity contribution in [3.8, 4) is 0 Å². The number of nitrogens with one attached hydrogen (secondary N) is 1. The molecule has 2 aromatic rings. The van der Waals surface area contributed by atoms with Gasteiger partial charge < -0.3 is 10.2 Å². The minimum atomic E-state index is -0.0107. The number of hydrogen-bond acceptors (Lipinski definition) is 4. The monoisotopic (exact) mass is 351 g/mol. The van der Waals surface area contributed by atoms with Gasteiger partial charge in [-0.15, -0.1) is 11.3 Å². The number of nitrogens with zero attached hydrogens (tertiary/aromatic N) is 2. The Morgan fingerprint density at radius 2 is 2.20 bits per heavy atom. The van der Waals surface area contributed by atoms with Crippen LogP contribution in [0.3, 0.4) is 0 Å². The van der Waals surface area contributed by atoms with Crippen LogP contribution >= 0.6 is 27.3 Å². The first-order valence-electron chi connectivity index (χ1n) is 6.43. The van der Waals surface area contributed by atoms with Crippen LogP contribution in [0.4, 0.5) is 5.13 Å². The summed E-state index contributed by atoms with van der Waals surface area (Å²) in [5, 5.41) is 6.10. The molecule has 104 valence electrons. The lowest BCUT2D eigenvalue weighted by molar-refractivity contribution is 0.0940. The lowest BCUT2D eigenvalue weighted by atomic mass is 10.2. The zero-order valence-electron chi connectivity index (χ0n) is 10.8. The van der Waals surface area contributed by atoms with Crippen molar-refractivity contribution in [1.82, 2.24) is 10.3 Å². The molecule has 1 aliphatic heterocycles. The molecule has 20 heavy (non-hydrogen) atoms. The van der Waals surface area contributed by atoms with Crippen molar-refractivity contribution in [3.05, 3.63) is 45.9 Å². The van der Waals surface area contributed by atoms with Gasteiger partial charge >= 0.3 is 0 Å². The van der Waals surface area contributed by atoms with Crippen molar-refractivity contribution in [3.63, 3.8) is 0 Å². The third-order valence-electron chi connectivity index (χ3n) is 3.32. The number of aromatic nitrogens is 1. The predicted molar refractivity (Wildman–Crippen MR) is 84.3 cm³/mol. The minimum Gasteiger partial charge on any atom is -0.347 e. The third kappa shape index (κ3) is 3.02. The van der Waals surface area contributed by atoms with Crippen LogP contribution in [0.25, 0.3) is 0 Å². The molecular formula is C14H14BrN3OS. The van der Waals surface area contributed by atoms with E-state index in [1.54, 1.807) is 11.3 Å². The van der Waals surface area contributed by atoms with Gasteiger partial charge in [0.2, 0.25) is 0 Å². The number of carbonyl (C=O) groups is 1. The highest BCUT2D eigenvalue weighted by Crippen LogP contribution is 2.22. The number of hydrogen-bond donors (Lipinski definition) is 1. The standard InChI is InChI=1S/C14H14BrN3OS/c15-11-3-1-10(2-4-11)13(19)17-12-5-7-18(9-12)14-16-6-8-20-14/h1-4,6,8,12H,5,7,9H2,(H,17,19). The SMILES string of the molecule is O=C(NC1CCN(c2nccs2)C1)c1ccc(Br)cc1. The molecule has 1 aromatic carbocycles. The van der Waals surface area contributed by atoms with E-state index in [-0.39, 0.29) is 11.9 Å². The number of halogens is 1. The van der Waals surface area contributed by atoms with E-state index in [0.29, 0.717) is 5.56 Å². The molecule has 1 saturated heterocycles. The van der Waals surface area contributed by atoms with Gasteiger partial charge in [-0.05, 0) is 30.7 Å². The van der Waals surface area contributed by atoms with E-state index in [0.717, 1.165) is 29.1 Å². The molecule has 6 heteroatoms. The van der Waals surface area contributed by atoms with E-state index in [2.05, 4.69) is 31.1 Å². The Hall–Kier alpha value is -1.40. The fourth-order valence-electron chi connectivity index (χ4n) is 2.29. The Labute approximate surface area is 130 Å². The summed E-state index contributed by atoms with van der Waals surface area (Å²) in [6.45, 7) is 1.77. The number of amides is 1. The minimum absolute atomic E-state index is 0.0107. The Kier molecular flexibility index (Phi) is 4.03. The molecule has 1 atom stereocenters. The van der Waals surface area contributed by atoms with Gasteiger partial charge in [0.1, 0.15) is 0 Å². The summed E-state index contributed by atoms with van der Waals surface area (Å²) in [7, 11) is 0. The van der Waals surface area contributed by atoms with E-state index >= 15 is 0 Å². The van der Waals surface area contributed by atoms with Gasteiger partial charge in [-0.1, -0.05) is 15.9 Å². The number of benzene rings is 1. The smallest absolute Gasteiger partial charge is 0.251 e. The number of rotatable bonds is 3. The molecular weight excluding hydrogens is 338 g/mol. The normalized spacial score (nSPS) is 18.2. The second-order valence-corrected chi connectivity index (χ2v) is 6.52. The molecule has 1 fully saturated rings. The second-order valence-electron chi connectivity index (χ2n) is 4.73. The van der Waals surface area contributed by atoms with E-state index in [4.69, 9.17) is 0 Å². The van der Waals surface area contributed by atoms with Crippen LogP contribution in [0, 0.1) is 0 Å². The molecule has 0 aliphatic carbocycles. The quantitative estimate of drug-likeness (QED) is 0.924. The van der Waals surface area contributed by atoms with E-state index in [9.17, 15) is 4.79 Å². The van der Waals surface area contributed by atoms with Crippen LogP contribution in [-0.2, 0) is 0 Å². The van der Waals surface area contributed by atoms with Crippen molar-refractivity contribution >= 4 is 38.3 Å². The van der Waals surface area contributed by atoms with Crippen LogP contribution in [0.2, 0.25) is 0 Å². The molecule has 3 rings (SSSR count). The van der Waals surface area contributed by atoms with Crippen LogP contribution < -0.4 is 10.2 Å². The Morgan fingerprint density at radius 3 is 2.90 bits per heavy atom. The maximum Gasteiger partial charge on any atom is 0.251 e. The Morgan fingerprint density at radius 1 is 1.40 bits per heavy atom. The van der Waals surface area contributed by atoms with Crippen molar-refractivity contribution in [2.75, 3.05) is 18.0 Å². The number of thiazole rings is 1. The van der Waals surface area contributed by atoms with Crippen molar-refractivity contribution in [2.45, 2.75) is 12.5 Å². The Bertz CT molecular complexity index is 585. The van der Waals surface area contributed by atoms with Crippen molar-refractivity contribution in [1.29, 1.82) is 0 Å². The molecule has 1 N–H and O–H groups in total. The van der Waals surface area contributed by atoms with Gasteiger partial charge in [0.15, 0.2) is 5.13 Å². The van der Waals surface area contributed by atoms with Gasteiger partial charge in [0.05, 0.1) is 0 Å². The molecule has 1 aliphatic rings. The highest BCUT2D eigenvalue weighted by Gasteiger charge is 2.25. The largest absolute Gasteiger partial charge is 0.347 e. The first kappa shape index (κ1) is 13.6. The molecule has 1 amide bonds. The highest BCUT2D eigenvalue weighted by atomic mass is 79.9. The molecule has 2 heterocycles. The predicted octanol–water partition coefficient (Wildman–Crippen LogP) is 2.91. The summed E-state index contributed by atoms with van der Waals surface area (Å²) >= 11 is 5.00. The van der Waals surface area contributed by atoms with E-state index in [1.165, 1.54) is 0 Å². The van der Waals surface area contributed by atoms with E-state index in [1.807, 2.05) is 35.8 Å². The number of carbonyl (C=O) groups excluding carboxylic acids is 1. The van der Waals surface area contributed by atoms with Gasteiger partial charge in [-0.25, -0.2) is 4.98 Å². The first-order chi connectivity index (χ1) is 9.72. The fourth-order valence-corrected chi connectivity index (χ4v) is 3.24. The molecule has 0 saturated carbocycles. The summed E-state index contributed by atoms with van der Waals surface area (Å²) in [6, 6.07) is 7.60. The molecule has 0 bridgehead atoms. The molecule has 1 aromatic heterocycles. The van der Waals surface area contributed by atoms with Gasteiger partial charge in [0.25, 0.3) is 5.91 Å². The van der Waals surface area contributed by atoms with Crippen LogP contribution in [-0.4, -0.2) is 30.0 Å². The molecule has 0 spiro atoms. The summed E-state index contributed by atoms with van der Waals surface area (Å²) in [4.78, 5) is 18.7. The van der Waals surface area contributed by atoms with Crippen LogP contribution in [0.5, 0.6) is 0 Å². The lowest BCUT2D eigenvalue weighted by Crippen LogP contribution is -2.37. The topological polar surface area (TPSA) is 45.2 Å². The summed E-state index contributed by atoms with van der Waals surface area (Å²) < 4.78 is 0.977. The maximum atomic E-state index is 12.1. The van der Waals surface area contributed by atoms with Crippen LogP contribution in [0.1, 0.15) is 16.8 Å². The molecule has 4 nitrogen and oxygen atoms in total. The Balaban J connectivity index is 1.59. The van der Waals surface area contributed by atoms with Crippen molar-refractivity contribution in [2.24, 2.45) is 0 Å². The maximum absolute atomic E-state index is 12.1. The summed E-state index contributed by atoms with van der Waals surface area (Å²) in [5.41, 5.74) is 0.695. The van der Waals surface area contributed by atoms with Gasteiger partial charge in [0, 0.05) is 40.7 Å². The van der Waals surface area contributed by atoms with Crippen molar-refractivity contribution < 1.29 is 4.79 Å². The van der Waals surface area contributed by atoms with Gasteiger partial charge in [-0.3, -0.25) is 4.79 Å². The van der Waals surface area contributed by atoms with Crippen LogP contribution in [0.15, 0.2) is 40.3 Å². The summed E-state index contributed by atoms with van der Waals surface area (Å²) in [5.74, 6) is -0.0107. The third-order valence-corrected chi connectivity index (χ3v) is 4.68. The average Bonchev–Trinajstić information content (AvgIpc) is 3.09. The zero-order chi connectivity index (χ0) is 13.9. The second kappa shape index (κ2) is 5.93. The zero-order valence-corrected chi connectivity index (χ0v) is 13.2. The first-order valence-corrected chi connectivity index (χ1v) is 8.10. The number of anilines is 1. The lowest BCUT2D eigenvalue weighted by Gasteiger charge is -2.15. The fraction of sp³-hybridized carbons (Fsp3) is 0.286. The molecule has 1 unspecified atom stereocenters. The highest BCUT2D eigenvalue weighted by molar-refractivity contribution is 9.10. The van der Waals surface area contributed by atoms with E-state index < -0.39 is 0 Å². The van der Waals surface area contributed by atoms with Gasteiger partial charge in [-0.2, -0.15) is 0 Å². The molecule has 0 radical (unpaired) electrons. The summed E-state index contributed by atoms with van der Waals surface area (Å²) in [6.07, 6.45) is 2.77. The average molecular weight is 352 g/mol.